The van der Waals surface area contributed by atoms with Gasteiger partial charge in [-0.15, -0.1) is 0 Å². The Morgan fingerprint density at radius 2 is 2.44 bits per heavy atom. The molecule has 2 rings (SSSR count). The quantitative estimate of drug-likeness (QED) is 0.790. The number of likely N-dealkylation sites (tertiary alicyclic amines) is 1. The molecular formula is C11H17N3O2. The van der Waals surface area contributed by atoms with Gasteiger partial charge in [0.15, 0.2) is 0 Å². The molecule has 1 amide bonds. The van der Waals surface area contributed by atoms with Gasteiger partial charge in [-0.3, -0.25) is 9.48 Å². The van der Waals surface area contributed by atoms with E-state index in [1.165, 1.54) is 0 Å². The van der Waals surface area contributed by atoms with Gasteiger partial charge in [0, 0.05) is 19.8 Å². The van der Waals surface area contributed by atoms with Crippen LogP contribution in [0.25, 0.3) is 0 Å². The summed E-state index contributed by atoms with van der Waals surface area (Å²) in [5.74, 6) is -0.0700. The SMILES string of the molecule is Cn1ccc(C(=O)N2CCCCC2CO)n1. The Balaban J connectivity index is 2.13. The highest BCUT2D eigenvalue weighted by molar-refractivity contribution is 5.92. The lowest BCUT2D eigenvalue weighted by Gasteiger charge is -2.34. The molecule has 88 valence electrons. The van der Waals surface area contributed by atoms with E-state index >= 15 is 0 Å². The normalized spacial score (nSPS) is 21.1. The molecule has 0 spiro atoms. The molecule has 0 saturated carbocycles. The van der Waals surface area contributed by atoms with E-state index in [-0.39, 0.29) is 18.6 Å². The van der Waals surface area contributed by atoms with Gasteiger partial charge in [-0.2, -0.15) is 5.10 Å². The fourth-order valence-corrected chi connectivity index (χ4v) is 2.13. The topological polar surface area (TPSA) is 58.4 Å². The third kappa shape index (κ3) is 2.09. The molecule has 1 unspecified atom stereocenters. The maximum absolute atomic E-state index is 12.1. The fraction of sp³-hybridized carbons (Fsp3) is 0.636. The molecule has 0 aliphatic carbocycles. The summed E-state index contributed by atoms with van der Waals surface area (Å²) in [6.45, 7) is 0.763. The van der Waals surface area contributed by atoms with Crippen LogP contribution in [0.3, 0.4) is 0 Å². The van der Waals surface area contributed by atoms with E-state index in [4.69, 9.17) is 0 Å². The van der Waals surface area contributed by atoms with Crippen molar-refractivity contribution in [1.29, 1.82) is 0 Å². The number of amides is 1. The lowest BCUT2D eigenvalue weighted by atomic mass is 10.0. The zero-order chi connectivity index (χ0) is 11.5. The smallest absolute Gasteiger partial charge is 0.274 e. The van der Waals surface area contributed by atoms with E-state index < -0.39 is 0 Å². The number of aliphatic hydroxyl groups is 1. The van der Waals surface area contributed by atoms with Crippen molar-refractivity contribution >= 4 is 5.91 Å². The van der Waals surface area contributed by atoms with Crippen molar-refractivity contribution in [1.82, 2.24) is 14.7 Å². The summed E-state index contributed by atoms with van der Waals surface area (Å²) in [6.07, 6.45) is 4.73. The summed E-state index contributed by atoms with van der Waals surface area (Å²) in [5.41, 5.74) is 0.461. The van der Waals surface area contributed by atoms with Crippen LogP contribution in [0.1, 0.15) is 29.8 Å². The predicted octanol–water partition coefficient (Wildman–Crippen LogP) is 0.407. The first-order valence-electron chi connectivity index (χ1n) is 5.64. The van der Waals surface area contributed by atoms with Crippen molar-refractivity contribution in [3.8, 4) is 0 Å². The molecule has 0 bridgehead atoms. The Labute approximate surface area is 94.7 Å². The van der Waals surface area contributed by atoms with Crippen LogP contribution in [-0.4, -0.2) is 44.9 Å². The van der Waals surface area contributed by atoms with Crippen LogP contribution < -0.4 is 0 Å². The number of nitrogens with zero attached hydrogens (tertiary/aromatic N) is 3. The predicted molar refractivity (Wildman–Crippen MR) is 59.0 cm³/mol. The summed E-state index contributed by atoms with van der Waals surface area (Å²) in [5, 5.41) is 13.3. The molecule has 1 N–H and O–H groups in total. The van der Waals surface area contributed by atoms with Gasteiger partial charge in [0.2, 0.25) is 0 Å². The van der Waals surface area contributed by atoms with Crippen molar-refractivity contribution in [3.05, 3.63) is 18.0 Å². The van der Waals surface area contributed by atoms with Crippen LogP contribution in [0.15, 0.2) is 12.3 Å². The van der Waals surface area contributed by atoms with Crippen LogP contribution in [0, 0.1) is 0 Å². The van der Waals surface area contributed by atoms with Crippen molar-refractivity contribution < 1.29 is 9.90 Å². The van der Waals surface area contributed by atoms with Gasteiger partial charge >= 0.3 is 0 Å². The number of piperidine rings is 1. The van der Waals surface area contributed by atoms with Crippen molar-refractivity contribution in [2.45, 2.75) is 25.3 Å². The summed E-state index contributed by atoms with van der Waals surface area (Å²) in [4.78, 5) is 13.9. The largest absolute Gasteiger partial charge is 0.394 e. The highest BCUT2D eigenvalue weighted by atomic mass is 16.3. The maximum Gasteiger partial charge on any atom is 0.274 e. The number of aryl methyl sites for hydroxylation is 1. The minimum Gasteiger partial charge on any atom is -0.394 e. The zero-order valence-corrected chi connectivity index (χ0v) is 9.46. The monoisotopic (exact) mass is 223 g/mol. The van der Waals surface area contributed by atoms with E-state index in [1.54, 1.807) is 28.9 Å². The third-order valence-corrected chi connectivity index (χ3v) is 3.03. The molecule has 1 atom stereocenters. The number of carbonyl (C=O) groups excluding carboxylic acids is 1. The van der Waals surface area contributed by atoms with E-state index in [0.717, 1.165) is 25.8 Å². The lowest BCUT2D eigenvalue weighted by molar-refractivity contribution is 0.0496. The summed E-state index contributed by atoms with van der Waals surface area (Å²) >= 11 is 0. The van der Waals surface area contributed by atoms with Gasteiger partial charge in [-0.25, -0.2) is 0 Å². The maximum atomic E-state index is 12.1. The molecule has 2 heterocycles. The molecular weight excluding hydrogens is 206 g/mol. The van der Waals surface area contributed by atoms with E-state index in [2.05, 4.69) is 5.10 Å². The molecule has 5 nitrogen and oxygen atoms in total. The van der Waals surface area contributed by atoms with Gasteiger partial charge in [-0.05, 0) is 25.3 Å². The Hall–Kier alpha value is -1.36. The zero-order valence-electron chi connectivity index (χ0n) is 9.46. The van der Waals surface area contributed by atoms with Crippen LogP contribution in [-0.2, 0) is 7.05 Å². The van der Waals surface area contributed by atoms with Gasteiger partial charge in [0.25, 0.3) is 5.91 Å². The van der Waals surface area contributed by atoms with Crippen LogP contribution in [0.2, 0.25) is 0 Å². The highest BCUT2D eigenvalue weighted by Gasteiger charge is 2.27. The second kappa shape index (κ2) is 4.65. The van der Waals surface area contributed by atoms with E-state index in [9.17, 15) is 9.90 Å². The van der Waals surface area contributed by atoms with Gasteiger partial charge < -0.3 is 10.0 Å². The first-order valence-corrected chi connectivity index (χ1v) is 5.64. The fourth-order valence-electron chi connectivity index (χ4n) is 2.13. The van der Waals surface area contributed by atoms with Crippen LogP contribution >= 0.6 is 0 Å². The number of hydrogen-bond acceptors (Lipinski definition) is 3. The average Bonchev–Trinajstić information content (AvgIpc) is 2.75. The molecule has 16 heavy (non-hydrogen) atoms. The third-order valence-electron chi connectivity index (χ3n) is 3.03. The van der Waals surface area contributed by atoms with Crippen molar-refractivity contribution in [3.63, 3.8) is 0 Å². The number of aliphatic hydroxyl groups excluding tert-OH is 1. The molecule has 1 aromatic heterocycles. The van der Waals surface area contributed by atoms with Gasteiger partial charge in [-0.1, -0.05) is 0 Å². The Morgan fingerprint density at radius 3 is 3.06 bits per heavy atom. The molecule has 1 saturated heterocycles. The standard InChI is InChI=1S/C11H17N3O2/c1-13-7-5-10(12-13)11(16)14-6-3-2-4-9(14)8-15/h5,7,9,15H,2-4,6,8H2,1H3. The molecule has 0 aromatic carbocycles. The van der Waals surface area contributed by atoms with Crippen molar-refractivity contribution in [2.24, 2.45) is 7.05 Å². The summed E-state index contributed by atoms with van der Waals surface area (Å²) in [6, 6.07) is 1.68. The number of hydrogen-bond donors (Lipinski definition) is 1. The molecule has 1 aliphatic rings. The van der Waals surface area contributed by atoms with Crippen molar-refractivity contribution in [2.75, 3.05) is 13.2 Å². The number of carbonyl (C=O) groups is 1. The van der Waals surface area contributed by atoms with Crippen LogP contribution in [0.5, 0.6) is 0 Å². The molecule has 5 heteroatoms. The minimum absolute atomic E-state index is 0.0387. The van der Waals surface area contributed by atoms with Crippen LogP contribution in [0.4, 0.5) is 0 Å². The van der Waals surface area contributed by atoms with Gasteiger partial charge in [0.05, 0.1) is 12.6 Å². The number of rotatable bonds is 2. The molecule has 1 fully saturated rings. The molecule has 0 radical (unpaired) electrons. The summed E-state index contributed by atoms with van der Waals surface area (Å²) in [7, 11) is 1.79. The van der Waals surface area contributed by atoms with E-state index in [0.29, 0.717) is 5.69 Å². The molecule has 1 aromatic rings. The highest BCUT2D eigenvalue weighted by Crippen LogP contribution is 2.18. The Morgan fingerprint density at radius 1 is 1.62 bits per heavy atom. The summed E-state index contributed by atoms with van der Waals surface area (Å²) < 4.78 is 1.62. The lowest BCUT2D eigenvalue weighted by Crippen LogP contribution is -2.45. The first-order chi connectivity index (χ1) is 7.72. The van der Waals surface area contributed by atoms with Gasteiger partial charge in [0.1, 0.15) is 5.69 Å². The molecule has 1 aliphatic heterocycles. The Kier molecular flexibility index (Phi) is 3.24. The average molecular weight is 223 g/mol. The minimum atomic E-state index is -0.0700. The Bertz CT molecular complexity index is 375. The second-order valence-corrected chi connectivity index (χ2v) is 4.21. The van der Waals surface area contributed by atoms with E-state index in [1.807, 2.05) is 0 Å². The second-order valence-electron chi connectivity index (χ2n) is 4.21. The first kappa shape index (κ1) is 11.1. The number of aromatic nitrogens is 2.